The highest BCUT2D eigenvalue weighted by molar-refractivity contribution is 7.80. The fourth-order valence-electron chi connectivity index (χ4n) is 3.84. The van der Waals surface area contributed by atoms with Crippen LogP contribution in [0.15, 0.2) is 61.1 Å². The summed E-state index contributed by atoms with van der Waals surface area (Å²) in [6.07, 6.45) is 6.57. The maximum atomic E-state index is 5.69. The molecule has 3 aromatic rings. The van der Waals surface area contributed by atoms with Gasteiger partial charge in [0.25, 0.3) is 0 Å². The number of nitrogens with zero attached hydrogens (tertiary/aromatic N) is 4. The number of thiocarbonyl (C=S) groups is 1. The van der Waals surface area contributed by atoms with Crippen molar-refractivity contribution in [1.29, 1.82) is 0 Å². The number of nitrogens with one attached hydrogen (secondary N) is 1. The Morgan fingerprint density at radius 3 is 2.70 bits per heavy atom. The van der Waals surface area contributed by atoms with Crippen molar-refractivity contribution >= 4 is 17.3 Å². The molecule has 4 rings (SSSR count). The quantitative estimate of drug-likeness (QED) is 0.682. The van der Waals surface area contributed by atoms with Gasteiger partial charge in [0.15, 0.2) is 5.11 Å². The lowest BCUT2D eigenvalue weighted by Gasteiger charge is -2.29. The van der Waals surface area contributed by atoms with Crippen molar-refractivity contribution in [2.45, 2.75) is 32.4 Å². The average Bonchev–Trinajstić information content (AvgIpc) is 3.23. The first kappa shape index (κ1) is 17.7. The second-order valence-corrected chi connectivity index (χ2v) is 7.15. The Balaban J connectivity index is 1.85. The minimum atomic E-state index is 0.00923. The van der Waals surface area contributed by atoms with Gasteiger partial charge in [0.2, 0.25) is 0 Å². The third-order valence-electron chi connectivity index (χ3n) is 4.98. The van der Waals surface area contributed by atoms with Crippen molar-refractivity contribution in [3.63, 3.8) is 0 Å². The normalized spacial score (nSPS) is 19.3. The van der Waals surface area contributed by atoms with Crippen LogP contribution >= 0.6 is 12.2 Å². The Labute approximate surface area is 165 Å². The van der Waals surface area contributed by atoms with Gasteiger partial charge in [-0.15, -0.1) is 0 Å². The lowest BCUT2D eigenvalue weighted by Crippen LogP contribution is -2.31. The van der Waals surface area contributed by atoms with Gasteiger partial charge in [0.1, 0.15) is 0 Å². The zero-order valence-corrected chi connectivity index (χ0v) is 16.4. The fraction of sp³-hybridized carbons (Fsp3) is 0.286. The summed E-state index contributed by atoms with van der Waals surface area (Å²) in [5, 5.41) is 4.29. The van der Waals surface area contributed by atoms with Crippen LogP contribution < -0.4 is 5.32 Å². The average molecular weight is 378 g/mol. The Morgan fingerprint density at radius 2 is 2.00 bits per heavy atom. The van der Waals surface area contributed by atoms with Crippen molar-refractivity contribution in [2.75, 3.05) is 6.54 Å². The van der Waals surface area contributed by atoms with Gasteiger partial charge in [-0.1, -0.05) is 13.0 Å². The molecular formula is C21H23N5S. The smallest absolute Gasteiger partial charge is 0.170 e. The van der Waals surface area contributed by atoms with E-state index in [2.05, 4.69) is 62.9 Å². The van der Waals surface area contributed by atoms with Crippen LogP contribution in [0.5, 0.6) is 0 Å². The van der Waals surface area contributed by atoms with Crippen LogP contribution in [0.1, 0.15) is 42.5 Å². The zero-order chi connectivity index (χ0) is 18.8. The highest BCUT2D eigenvalue weighted by Crippen LogP contribution is 2.40. The van der Waals surface area contributed by atoms with E-state index in [9.17, 15) is 0 Å². The van der Waals surface area contributed by atoms with Crippen molar-refractivity contribution in [1.82, 2.24) is 24.8 Å². The highest BCUT2D eigenvalue weighted by atomic mass is 32.1. The monoisotopic (exact) mass is 377 g/mol. The predicted molar refractivity (Wildman–Crippen MR) is 111 cm³/mol. The van der Waals surface area contributed by atoms with Crippen molar-refractivity contribution < 1.29 is 0 Å². The molecule has 0 amide bonds. The Morgan fingerprint density at radius 1 is 1.11 bits per heavy atom. The van der Waals surface area contributed by atoms with E-state index >= 15 is 0 Å². The van der Waals surface area contributed by atoms with Gasteiger partial charge in [-0.2, -0.15) is 0 Å². The van der Waals surface area contributed by atoms with E-state index in [1.807, 2.05) is 30.6 Å². The number of rotatable bonds is 5. The molecule has 1 aliphatic rings. The molecule has 6 heteroatoms. The molecule has 0 aliphatic carbocycles. The van der Waals surface area contributed by atoms with Crippen LogP contribution in [0, 0.1) is 6.92 Å². The molecule has 1 saturated heterocycles. The molecule has 138 valence electrons. The third-order valence-corrected chi connectivity index (χ3v) is 5.33. The van der Waals surface area contributed by atoms with Crippen molar-refractivity contribution in [3.8, 4) is 5.69 Å². The summed E-state index contributed by atoms with van der Waals surface area (Å²) in [6.45, 7) is 5.20. The zero-order valence-electron chi connectivity index (χ0n) is 15.5. The van der Waals surface area contributed by atoms with Crippen molar-refractivity contribution in [3.05, 3.63) is 78.1 Å². The number of aryl methyl sites for hydroxylation is 1. The molecule has 0 aromatic carbocycles. The molecule has 0 spiro atoms. The molecule has 0 radical (unpaired) electrons. The molecule has 0 unspecified atom stereocenters. The maximum Gasteiger partial charge on any atom is 0.170 e. The fourth-order valence-corrected chi connectivity index (χ4v) is 4.17. The topological polar surface area (TPSA) is 46.0 Å². The molecule has 27 heavy (non-hydrogen) atoms. The van der Waals surface area contributed by atoms with E-state index < -0.39 is 0 Å². The summed E-state index contributed by atoms with van der Waals surface area (Å²) in [6, 6.07) is 14.5. The molecule has 4 heterocycles. The minimum Gasteiger partial charge on any atom is -0.352 e. The first-order valence-electron chi connectivity index (χ1n) is 9.27. The maximum absolute atomic E-state index is 5.69. The molecule has 0 bridgehead atoms. The van der Waals surface area contributed by atoms with Crippen LogP contribution in [0.2, 0.25) is 0 Å². The van der Waals surface area contributed by atoms with Crippen LogP contribution in [0.25, 0.3) is 5.69 Å². The van der Waals surface area contributed by atoms with Gasteiger partial charge < -0.3 is 14.8 Å². The van der Waals surface area contributed by atoms with E-state index in [1.165, 1.54) is 11.4 Å². The first-order chi connectivity index (χ1) is 13.2. The SMILES string of the molecule is CCCN1C(=S)N[C@H](c2ccccn2)[C@H]1c1ccc(C)n1-c1cccnc1. The number of hydrogen-bond acceptors (Lipinski definition) is 3. The predicted octanol–water partition coefficient (Wildman–Crippen LogP) is 3.96. The van der Waals surface area contributed by atoms with Gasteiger partial charge >= 0.3 is 0 Å². The van der Waals surface area contributed by atoms with E-state index in [0.717, 1.165) is 29.5 Å². The second-order valence-electron chi connectivity index (χ2n) is 6.77. The van der Waals surface area contributed by atoms with Crippen LogP contribution in [-0.4, -0.2) is 31.1 Å². The van der Waals surface area contributed by atoms with Crippen molar-refractivity contribution in [2.24, 2.45) is 0 Å². The molecule has 2 atom stereocenters. The summed E-state index contributed by atoms with van der Waals surface area (Å²) >= 11 is 5.69. The second kappa shape index (κ2) is 7.48. The Hall–Kier alpha value is -2.73. The van der Waals surface area contributed by atoms with Crippen LogP contribution in [-0.2, 0) is 0 Å². The lowest BCUT2D eigenvalue weighted by atomic mass is 10.0. The summed E-state index contributed by atoms with van der Waals surface area (Å²) in [5.41, 5.74) is 4.42. The van der Waals surface area contributed by atoms with Crippen LogP contribution in [0.4, 0.5) is 0 Å². The summed E-state index contributed by atoms with van der Waals surface area (Å²) in [7, 11) is 0. The van der Waals surface area contributed by atoms with E-state index in [1.54, 1.807) is 6.20 Å². The van der Waals surface area contributed by atoms with E-state index in [4.69, 9.17) is 12.2 Å². The van der Waals surface area contributed by atoms with Gasteiger partial charge in [-0.25, -0.2) is 0 Å². The molecule has 1 fully saturated rings. The van der Waals surface area contributed by atoms with E-state index in [0.29, 0.717) is 0 Å². The lowest BCUT2D eigenvalue weighted by molar-refractivity contribution is 0.308. The molecule has 5 nitrogen and oxygen atoms in total. The molecular weight excluding hydrogens is 354 g/mol. The van der Waals surface area contributed by atoms with Crippen LogP contribution in [0.3, 0.4) is 0 Å². The Bertz CT molecular complexity index is 922. The minimum absolute atomic E-state index is 0.00923. The molecule has 1 aliphatic heterocycles. The summed E-state index contributed by atoms with van der Waals surface area (Å²) in [5.74, 6) is 0. The number of aromatic nitrogens is 3. The van der Waals surface area contributed by atoms with Gasteiger partial charge in [-0.3, -0.25) is 9.97 Å². The number of pyridine rings is 2. The number of hydrogen-bond donors (Lipinski definition) is 1. The van der Waals surface area contributed by atoms with Gasteiger partial charge in [0, 0.05) is 30.3 Å². The molecule has 1 N–H and O–H groups in total. The van der Waals surface area contributed by atoms with Gasteiger partial charge in [0.05, 0.1) is 29.7 Å². The highest BCUT2D eigenvalue weighted by Gasteiger charge is 2.41. The molecule has 0 saturated carbocycles. The summed E-state index contributed by atoms with van der Waals surface area (Å²) in [4.78, 5) is 11.2. The third kappa shape index (κ3) is 3.21. The Kier molecular flexibility index (Phi) is 4.90. The molecule has 3 aromatic heterocycles. The summed E-state index contributed by atoms with van der Waals surface area (Å²) < 4.78 is 2.27. The van der Waals surface area contributed by atoms with Gasteiger partial charge in [-0.05, 0) is 62.0 Å². The standard InChI is InChI=1S/C21H23N5S/c1-3-13-25-20(19(24-21(25)27)17-8-4-5-12-23-17)18-10-9-15(2)26(18)16-7-6-11-22-14-16/h4-12,14,19-20H,3,13H2,1-2H3,(H,24,27)/t19-,20-/m1/s1. The first-order valence-corrected chi connectivity index (χ1v) is 9.68. The largest absolute Gasteiger partial charge is 0.352 e. The van der Waals surface area contributed by atoms with E-state index in [-0.39, 0.29) is 12.1 Å².